The molecule has 0 aliphatic carbocycles. The molecule has 43 heavy (non-hydrogen) atoms. The molecule has 2 unspecified atom stereocenters. The molecular weight excluding hydrogens is 544 g/mol. The number of fused-ring (bicyclic) bond motifs is 3. The molecule has 4 aromatic rings. The summed E-state index contributed by atoms with van der Waals surface area (Å²) in [5.41, 5.74) is 3.58. The molecule has 4 fully saturated rings. The van der Waals surface area contributed by atoms with Gasteiger partial charge in [-0.15, -0.1) is 0 Å². The predicted molar refractivity (Wildman–Crippen MR) is 160 cm³/mol. The van der Waals surface area contributed by atoms with Crippen LogP contribution in [0, 0.1) is 17.2 Å². The zero-order valence-corrected chi connectivity index (χ0v) is 24.4. The number of hydrogen-bond donors (Lipinski definition) is 0. The van der Waals surface area contributed by atoms with E-state index in [1.165, 1.54) is 0 Å². The molecule has 0 N–H and O–H groups in total. The molecule has 11 heteroatoms. The first-order chi connectivity index (χ1) is 21.0. The molecule has 2 bridgehead atoms. The summed E-state index contributed by atoms with van der Waals surface area (Å²) in [6.07, 6.45) is 10.1. The second-order valence-electron chi connectivity index (χ2n) is 11.8. The first kappa shape index (κ1) is 27.2. The number of methoxy groups -OCH3 is 1. The smallest absolute Gasteiger partial charge is 0.256 e. The average molecular weight is 579 g/mol. The molecule has 4 saturated heterocycles. The van der Waals surface area contributed by atoms with Crippen molar-refractivity contribution in [3.8, 4) is 28.8 Å². The van der Waals surface area contributed by atoms with Gasteiger partial charge in [0.2, 0.25) is 5.88 Å². The fourth-order valence-electron chi connectivity index (χ4n) is 6.56. The Morgan fingerprint density at radius 2 is 1.88 bits per heavy atom. The molecule has 4 aromatic heterocycles. The van der Waals surface area contributed by atoms with E-state index in [9.17, 15) is 10.1 Å². The van der Waals surface area contributed by atoms with Crippen molar-refractivity contribution in [3.05, 3.63) is 66.2 Å². The van der Waals surface area contributed by atoms with Crippen LogP contribution in [0.3, 0.4) is 0 Å². The molecule has 0 spiro atoms. The zero-order valence-electron chi connectivity index (χ0n) is 24.4. The molecule has 4 aliphatic heterocycles. The lowest BCUT2D eigenvalue weighted by molar-refractivity contribution is 0.00572. The maximum Gasteiger partial charge on any atom is 0.256 e. The Morgan fingerprint density at radius 3 is 2.56 bits per heavy atom. The maximum absolute atomic E-state index is 13.2. The molecule has 0 aromatic carbocycles. The van der Waals surface area contributed by atoms with Crippen LogP contribution in [-0.2, 0) is 0 Å². The van der Waals surface area contributed by atoms with Crippen LogP contribution in [0.1, 0.15) is 35.2 Å². The fourth-order valence-corrected chi connectivity index (χ4v) is 6.56. The van der Waals surface area contributed by atoms with Gasteiger partial charge in [0.1, 0.15) is 17.6 Å². The van der Waals surface area contributed by atoms with Crippen molar-refractivity contribution >= 4 is 17.2 Å². The van der Waals surface area contributed by atoms with Crippen molar-refractivity contribution in [1.82, 2.24) is 29.4 Å². The Bertz CT molecular complexity index is 1660. The quantitative estimate of drug-likeness (QED) is 0.325. The summed E-state index contributed by atoms with van der Waals surface area (Å²) in [5.74, 6) is 2.63. The largest absolute Gasteiger partial charge is 0.492 e. The van der Waals surface area contributed by atoms with Crippen LogP contribution in [0.5, 0.6) is 11.6 Å². The molecular formula is C32H34N8O3. The van der Waals surface area contributed by atoms with Crippen molar-refractivity contribution in [2.75, 3.05) is 51.8 Å². The molecule has 0 radical (unpaired) electrons. The third-order valence-electron chi connectivity index (χ3n) is 9.03. The number of piperidine rings is 2. The zero-order chi connectivity index (χ0) is 29.5. The van der Waals surface area contributed by atoms with Crippen LogP contribution >= 0.6 is 0 Å². The summed E-state index contributed by atoms with van der Waals surface area (Å²) in [4.78, 5) is 28.8. The Kier molecular flexibility index (Phi) is 7.07. The number of nitriles is 1. The minimum Gasteiger partial charge on any atom is -0.492 e. The van der Waals surface area contributed by atoms with Crippen molar-refractivity contribution in [1.29, 1.82) is 5.26 Å². The third kappa shape index (κ3) is 5.12. The normalized spacial score (nSPS) is 20.5. The van der Waals surface area contributed by atoms with Crippen LogP contribution in [0.25, 0.3) is 16.6 Å². The monoisotopic (exact) mass is 578 g/mol. The molecule has 8 rings (SSSR count). The first-order valence-electron chi connectivity index (χ1n) is 14.8. The number of carbonyl (C=O) groups excluding carboxylic acids is 1. The van der Waals surface area contributed by atoms with Gasteiger partial charge < -0.3 is 24.2 Å². The minimum atomic E-state index is 0.00963. The first-order valence-corrected chi connectivity index (χ1v) is 14.8. The summed E-state index contributed by atoms with van der Waals surface area (Å²) >= 11 is 0. The Morgan fingerprint density at radius 1 is 1.07 bits per heavy atom. The van der Waals surface area contributed by atoms with Gasteiger partial charge in [-0.25, -0.2) is 14.5 Å². The van der Waals surface area contributed by atoms with Crippen molar-refractivity contribution in [3.63, 3.8) is 0 Å². The standard InChI is InChI=1S/C32H34N8O3/c1-37-9-7-21(8-10-37)20-43-27-12-28(31-24(13-33)16-36-39(31)19-27)22-3-5-29(34-14-22)38-17-25-11-26(18-38)40(25)32(41)23-4-6-30(42-2)35-15-23/h3-6,12,14-16,19,21,25-26H,7-11,17-18,20H2,1-2H3. The van der Waals surface area contributed by atoms with Crippen LogP contribution in [0.4, 0.5) is 5.82 Å². The van der Waals surface area contributed by atoms with Gasteiger partial charge in [0.25, 0.3) is 5.91 Å². The number of nitrogens with zero attached hydrogens (tertiary/aromatic N) is 8. The number of ether oxygens (including phenoxy) is 2. The molecule has 2 atom stereocenters. The summed E-state index contributed by atoms with van der Waals surface area (Å²) in [6, 6.07) is 12.1. The van der Waals surface area contributed by atoms with E-state index >= 15 is 0 Å². The van der Waals surface area contributed by atoms with Crippen molar-refractivity contribution in [2.24, 2.45) is 5.92 Å². The third-order valence-corrected chi connectivity index (χ3v) is 9.03. The highest BCUT2D eigenvalue weighted by molar-refractivity contribution is 5.95. The lowest BCUT2D eigenvalue weighted by atomic mass is 9.86. The van der Waals surface area contributed by atoms with E-state index in [0.29, 0.717) is 29.5 Å². The minimum absolute atomic E-state index is 0.00963. The Balaban J connectivity index is 1.07. The van der Waals surface area contributed by atoms with E-state index in [0.717, 1.165) is 73.7 Å². The van der Waals surface area contributed by atoms with Gasteiger partial charge in [-0.1, -0.05) is 0 Å². The highest BCUT2D eigenvalue weighted by atomic mass is 16.5. The van der Waals surface area contributed by atoms with E-state index in [-0.39, 0.29) is 18.0 Å². The number of amides is 1. The molecule has 1 amide bonds. The molecule has 11 nitrogen and oxygen atoms in total. The van der Waals surface area contributed by atoms with Crippen LogP contribution in [-0.4, -0.2) is 94.3 Å². The Labute approximate surface area is 250 Å². The number of carbonyl (C=O) groups is 1. The van der Waals surface area contributed by atoms with Crippen LogP contribution < -0.4 is 14.4 Å². The van der Waals surface area contributed by atoms with E-state index in [4.69, 9.17) is 14.5 Å². The summed E-state index contributed by atoms with van der Waals surface area (Å²) in [6.45, 7) is 4.30. The summed E-state index contributed by atoms with van der Waals surface area (Å²) in [5, 5.41) is 14.2. The van der Waals surface area contributed by atoms with Crippen molar-refractivity contribution in [2.45, 2.75) is 31.3 Å². The summed E-state index contributed by atoms with van der Waals surface area (Å²) < 4.78 is 13.1. The van der Waals surface area contributed by atoms with Crippen molar-refractivity contribution < 1.29 is 14.3 Å². The molecule has 220 valence electrons. The van der Waals surface area contributed by atoms with Gasteiger partial charge in [0, 0.05) is 42.7 Å². The average Bonchev–Trinajstić information content (AvgIpc) is 3.47. The molecule has 4 aliphatic rings. The molecule has 8 heterocycles. The van der Waals surface area contributed by atoms with E-state index in [2.05, 4.69) is 33.0 Å². The number of rotatable bonds is 7. The van der Waals surface area contributed by atoms with Gasteiger partial charge >= 0.3 is 0 Å². The lowest BCUT2D eigenvalue weighted by Gasteiger charge is -2.56. The second-order valence-corrected chi connectivity index (χ2v) is 11.8. The Hall–Kier alpha value is -4.69. The predicted octanol–water partition coefficient (Wildman–Crippen LogP) is 3.50. The number of likely N-dealkylation sites (tertiary alicyclic amines) is 1. The van der Waals surface area contributed by atoms with Gasteiger partial charge in [0.05, 0.1) is 54.8 Å². The topological polar surface area (TPSA) is 112 Å². The number of aromatic nitrogens is 4. The number of piperazine rings is 1. The van der Waals surface area contributed by atoms with Gasteiger partial charge in [-0.05, 0) is 69.6 Å². The van der Waals surface area contributed by atoms with Crippen LogP contribution in [0.15, 0.2) is 55.1 Å². The van der Waals surface area contributed by atoms with Gasteiger partial charge in [-0.2, -0.15) is 10.4 Å². The lowest BCUT2D eigenvalue weighted by Crippen LogP contribution is -2.70. The fraction of sp³-hybridized carbons (Fsp3) is 0.406. The highest BCUT2D eigenvalue weighted by Crippen LogP contribution is 2.37. The summed E-state index contributed by atoms with van der Waals surface area (Å²) in [7, 11) is 3.72. The number of anilines is 1. The second kappa shape index (κ2) is 11.2. The van der Waals surface area contributed by atoms with Crippen LogP contribution in [0.2, 0.25) is 0 Å². The van der Waals surface area contributed by atoms with E-state index in [1.54, 1.807) is 36.2 Å². The number of hydrogen-bond acceptors (Lipinski definition) is 9. The van der Waals surface area contributed by atoms with Gasteiger partial charge in [0.15, 0.2) is 0 Å². The highest BCUT2D eigenvalue weighted by Gasteiger charge is 2.47. The van der Waals surface area contributed by atoms with E-state index < -0.39 is 0 Å². The molecule has 0 saturated carbocycles. The SMILES string of the molecule is COc1ccc(C(=O)N2C3CC2CN(c2ccc(-c4cc(OCC5CCN(C)CC5)cn5ncc(C#N)c45)cn2)C3)cn1. The van der Waals surface area contributed by atoms with E-state index in [1.807, 2.05) is 35.5 Å². The number of pyridine rings is 3. The van der Waals surface area contributed by atoms with Gasteiger partial charge in [-0.3, -0.25) is 4.79 Å². The maximum atomic E-state index is 13.2.